The molecule has 2 amide bonds. The van der Waals surface area contributed by atoms with E-state index in [0.717, 1.165) is 30.8 Å². The molecule has 4 nitrogen and oxygen atoms in total. The van der Waals surface area contributed by atoms with E-state index < -0.39 is 0 Å². The second-order valence-corrected chi connectivity index (χ2v) is 7.05. The van der Waals surface area contributed by atoms with Crippen LogP contribution >= 0.6 is 0 Å². The summed E-state index contributed by atoms with van der Waals surface area (Å²) in [6.45, 7) is 7.97. The molecule has 2 bridgehead atoms. The molecule has 1 aliphatic heterocycles. The fourth-order valence-electron chi connectivity index (χ4n) is 3.65. The van der Waals surface area contributed by atoms with Gasteiger partial charge in [-0.05, 0) is 43.4 Å². The first-order valence-corrected chi connectivity index (χ1v) is 8.30. The molecular formula is C18H26N2O2. The molecule has 3 rings (SSSR count). The van der Waals surface area contributed by atoms with Gasteiger partial charge in [0.25, 0.3) is 0 Å². The number of benzene rings is 1. The van der Waals surface area contributed by atoms with Crippen LogP contribution in [0, 0.1) is 18.8 Å². The zero-order valence-electron chi connectivity index (χ0n) is 13.7. The maximum absolute atomic E-state index is 12.6. The van der Waals surface area contributed by atoms with Crippen LogP contribution in [0.5, 0.6) is 0 Å². The predicted octanol–water partition coefficient (Wildman–Crippen LogP) is 3.66. The Morgan fingerprint density at radius 1 is 1.41 bits per heavy atom. The van der Waals surface area contributed by atoms with Crippen molar-refractivity contribution >= 4 is 11.7 Å². The summed E-state index contributed by atoms with van der Waals surface area (Å²) in [5.41, 5.74) is 2.02. The van der Waals surface area contributed by atoms with E-state index in [-0.39, 0.29) is 18.2 Å². The molecule has 3 atom stereocenters. The fraction of sp³-hybridized carbons (Fsp3) is 0.611. The molecule has 1 saturated heterocycles. The molecule has 1 N–H and O–H groups in total. The van der Waals surface area contributed by atoms with Crippen molar-refractivity contribution in [3.8, 4) is 0 Å². The standard InChI is InChI=1S/C18H26N2O2/c1-12(2)11-22-17-14-7-8-16(17)20(10-14)18(21)19-15-6-4-5-13(3)9-15/h4-6,9,12,14,16-17H,7-8,10-11H2,1-3H3,(H,19,21)/t14-,16+,17+/m1/s1. The molecule has 1 heterocycles. The predicted molar refractivity (Wildman–Crippen MR) is 88.0 cm³/mol. The molecule has 0 aromatic heterocycles. The number of anilines is 1. The zero-order chi connectivity index (χ0) is 15.7. The molecule has 1 saturated carbocycles. The lowest BCUT2D eigenvalue weighted by Crippen LogP contribution is -2.42. The second kappa shape index (κ2) is 6.29. The highest BCUT2D eigenvalue weighted by molar-refractivity contribution is 5.90. The SMILES string of the molecule is Cc1cccc(NC(=O)N2C[C@H]3CC[C@H]2[C@H]3OCC(C)C)c1. The van der Waals surface area contributed by atoms with Crippen LogP contribution in [0.3, 0.4) is 0 Å². The average molecular weight is 302 g/mol. The van der Waals surface area contributed by atoms with Crippen LogP contribution in [-0.4, -0.2) is 36.2 Å². The Balaban J connectivity index is 1.62. The Labute approximate surface area is 132 Å². The maximum atomic E-state index is 12.6. The van der Waals surface area contributed by atoms with Crippen LogP contribution in [-0.2, 0) is 4.74 Å². The summed E-state index contributed by atoms with van der Waals surface area (Å²) >= 11 is 0. The molecule has 0 unspecified atom stereocenters. The number of aryl methyl sites for hydroxylation is 1. The van der Waals surface area contributed by atoms with Gasteiger partial charge in [-0.3, -0.25) is 0 Å². The van der Waals surface area contributed by atoms with Crippen LogP contribution in [0.2, 0.25) is 0 Å². The molecule has 0 spiro atoms. The lowest BCUT2D eigenvalue weighted by molar-refractivity contribution is 0.0163. The summed E-state index contributed by atoms with van der Waals surface area (Å²) in [6.07, 6.45) is 2.47. The van der Waals surface area contributed by atoms with E-state index in [4.69, 9.17) is 4.74 Å². The largest absolute Gasteiger partial charge is 0.375 e. The van der Waals surface area contributed by atoms with Crippen molar-refractivity contribution in [3.05, 3.63) is 29.8 Å². The molecule has 1 aliphatic carbocycles. The summed E-state index contributed by atoms with van der Waals surface area (Å²) in [5, 5.41) is 3.03. The van der Waals surface area contributed by atoms with E-state index in [0.29, 0.717) is 11.8 Å². The minimum absolute atomic E-state index is 0.0101. The van der Waals surface area contributed by atoms with Crippen LogP contribution < -0.4 is 5.32 Å². The first-order chi connectivity index (χ1) is 10.5. The van der Waals surface area contributed by atoms with Gasteiger partial charge in [0.1, 0.15) is 0 Å². The van der Waals surface area contributed by atoms with Gasteiger partial charge in [-0.25, -0.2) is 4.79 Å². The van der Waals surface area contributed by atoms with E-state index in [2.05, 4.69) is 19.2 Å². The Morgan fingerprint density at radius 3 is 2.95 bits per heavy atom. The van der Waals surface area contributed by atoms with Gasteiger partial charge in [0.05, 0.1) is 12.1 Å². The van der Waals surface area contributed by atoms with Crippen molar-refractivity contribution in [1.82, 2.24) is 4.90 Å². The lowest BCUT2D eigenvalue weighted by atomic mass is 10.1. The van der Waals surface area contributed by atoms with Gasteiger partial charge in [-0.1, -0.05) is 26.0 Å². The van der Waals surface area contributed by atoms with Gasteiger partial charge in [0.15, 0.2) is 0 Å². The number of carbonyl (C=O) groups excluding carboxylic acids is 1. The third-order valence-corrected chi connectivity index (χ3v) is 4.66. The lowest BCUT2D eigenvalue weighted by Gasteiger charge is -2.27. The number of urea groups is 1. The van der Waals surface area contributed by atoms with Gasteiger partial charge in [0.2, 0.25) is 0 Å². The van der Waals surface area contributed by atoms with Crippen LogP contribution in [0.4, 0.5) is 10.5 Å². The molecule has 1 aromatic carbocycles. The van der Waals surface area contributed by atoms with Gasteiger partial charge in [-0.15, -0.1) is 0 Å². The van der Waals surface area contributed by atoms with Crippen molar-refractivity contribution in [3.63, 3.8) is 0 Å². The van der Waals surface area contributed by atoms with Crippen molar-refractivity contribution in [1.29, 1.82) is 0 Å². The number of nitrogens with zero attached hydrogens (tertiary/aromatic N) is 1. The van der Waals surface area contributed by atoms with Crippen molar-refractivity contribution in [2.75, 3.05) is 18.5 Å². The highest BCUT2D eigenvalue weighted by atomic mass is 16.5. The topological polar surface area (TPSA) is 41.6 Å². The quantitative estimate of drug-likeness (QED) is 0.922. The molecule has 1 aromatic rings. The Kier molecular flexibility index (Phi) is 4.39. The Bertz CT molecular complexity index is 544. The van der Waals surface area contributed by atoms with Crippen LogP contribution in [0.15, 0.2) is 24.3 Å². The highest BCUT2D eigenvalue weighted by Gasteiger charge is 2.49. The summed E-state index contributed by atoms with van der Waals surface area (Å²) in [5.74, 6) is 1.04. The Morgan fingerprint density at radius 2 is 2.23 bits per heavy atom. The highest BCUT2D eigenvalue weighted by Crippen LogP contribution is 2.40. The number of piperidine rings is 1. The number of hydrogen-bond acceptors (Lipinski definition) is 2. The number of nitrogens with one attached hydrogen (secondary N) is 1. The van der Waals surface area contributed by atoms with Crippen LogP contribution in [0.25, 0.3) is 0 Å². The smallest absolute Gasteiger partial charge is 0.322 e. The van der Waals surface area contributed by atoms with E-state index in [9.17, 15) is 4.79 Å². The minimum Gasteiger partial charge on any atom is -0.375 e. The maximum Gasteiger partial charge on any atom is 0.322 e. The zero-order valence-corrected chi connectivity index (χ0v) is 13.7. The number of carbonyl (C=O) groups is 1. The van der Waals surface area contributed by atoms with Crippen molar-refractivity contribution < 1.29 is 9.53 Å². The molecule has 120 valence electrons. The summed E-state index contributed by atoms with van der Waals surface area (Å²) in [7, 11) is 0. The minimum atomic E-state index is 0.0101. The number of hydrogen-bond donors (Lipinski definition) is 1. The van der Waals surface area contributed by atoms with E-state index in [1.54, 1.807) is 0 Å². The molecule has 4 heteroatoms. The van der Waals surface area contributed by atoms with E-state index in [1.807, 2.05) is 36.1 Å². The Hall–Kier alpha value is -1.55. The third-order valence-electron chi connectivity index (χ3n) is 4.66. The number of amides is 2. The van der Waals surface area contributed by atoms with E-state index in [1.165, 1.54) is 6.42 Å². The van der Waals surface area contributed by atoms with Crippen molar-refractivity contribution in [2.45, 2.75) is 45.8 Å². The average Bonchev–Trinajstić information content (AvgIpc) is 3.02. The summed E-state index contributed by atoms with van der Waals surface area (Å²) in [6, 6.07) is 8.19. The monoisotopic (exact) mass is 302 g/mol. The molecule has 0 radical (unpaired) electrons. The first kappa shape index (κ1) is 15.3. The molecule has 2 aliphatic rings. The summed E-state index contributed by atoms with van der Waals surface area (Å²) in [4.78, 5) is 14.5. The van der Waals surface area contributed by atoms with Gasteiger partial charge < -0.3 is 15.0 Å². The van der Waals surface area contributed by atoms with Gasteiger partial charge in [0, 0.05) is 24.8 Å². The molecule has 22 heavy (non-hydrogen) atoms. The number of ether oxygens (including phenoxy) is 1. The third kappa shape index (κ3) is 3.12. The molecule has 2 fully saturated rings. The first-order valence-electron chi connectivity index (χ1n) is 8.30. The van der Waals surface area contributed by atoms with Crippen LogP contribution in [0.1, 0.15) is 32.3 Å². The number of fused-ring (bicyclic) bond motifs is 2. The van der Waals surface area contributed by atoms with E-state index >= 15 is 0 Å². The van der Waals surface area contributed by atoms with Crippen molar-refractivity contribution in [2.24, 2.45) is 11.8 Å². The second-order valence-electron chi connectivity index (χ2n) is 7.05. The normalized spacial score (nSPS) is 26.7. The van der Waals surface area contributed by atoms with Gasteiger partial charge in [-0.2, -0.15) is 0 Å². The fourth-order valence-corrected chi connectivity index (χ4v) is 3.65. The summed E-state index contributed by atoms with van der Waals surface area (Å²) < 4.78 is 6.08. The molecular weight excluding hydrogens is 276 g/mol. The number of likely N-dealkylation sites (tertiary alicyclic amines) is 1. The number of rotatable bonds is 4. The van der Waals surface area contributed by atoms with Gasteiger partial charge >= 0.3 is 6.03 Å².